The first-order valence-electron chi connectivity index (χ1n) is 7.49. The smallest absolute Gasteiger partial charge is 0.314 e. The van der Waals surface area contributed by atoms with Crippen LogP contribution in [-0.2, 0) is 4.79 Å². The Balaban J connectivity index is 2.23. The number of amides is 2. The summed E-state index contributed by atoms with van der Waals surface area (Å²) in [5.41, 5.74) is 0. The Hall–Kier alpha value is -1.30. The Labute approximate surface area is 120 Å². The van der Waals surface area contributed by atoms with E-state index in [0.29, 0.717) is 19.0 Å². The van der Waals surface area contributed by atoms with E-state index in [1.54, 1.807) is 0 Å². The number of rotatable bonds is 7. The van der Waals surface area contributed by atoms with E-state index >= 15 is 0 Å². The van der Waals surface area contributed by atoms with Crippen molar-refractivity contribution in [2.75, 3.05) is 26.7 Å². The molecule has 1 saturated heterocycles. The summed E-state index contributed by atoms with van der Waals surface area (Å²) in [5.74, 6) is -1.35. The number of urea groups is 1. The lowest BCUT2D eigenvalue weighted by Gasteiger charge is -2.32. The number of likely N-dealkylation sites (tertiary alicyclic amines) is 1. The number of likely N-dealkylation sites (N-methyl/N-ethyl adjacent to an activating group) is 1. The maximum absolute atomic E-state index is 11.7. The van der Waals surface area contributed by atoms with E-state index in [2.05, 4.69) is 22.6 Å². The fourth-order valence-corrected chi connectivity index (χ4v) is 2.55. The Morgan fingerprint density at radius 1 is 1.35 bits per heavy atom. The van der Waals surface area contributed by atoms with Crippen LogP contribution in [0.1, 0.15) is 39.0 Å². The van der Waals surface area contributed by atoms with Crippen molar-refractivity contribution in [1.29, 1.82) is 0 Å². The number of aliphatic carboxylic acids is 1. The van der Waals surface area contributed by atoms with Crippen LogP contribution in [0.5, 0.6) is 0 Å². The lowest BCUT2D eigenvalue weighted by Crippen LogP contribution is -2.48. The van der Waals surface area contributed by atoms with Crippen LogP contribution in [0.2, 0.25) is 0 Å². The zero-order valence-electron chi connectivity index (χ0n) is 12.5. The molecular weight excluding hydrogens is 258 g/mol. The fourth-order valence-electron chi connectivity index (χ4n) is 2.55. The third kappa shape index (κ3) is 5.77. The van der Waals surface area contributed by atoms with Crippen LogP contribution in [0, 0.1) is 5.92 Å². The van der Waals surface area contributed by atoms with Gasteiger partial charge in [0.25, 0.3) is 0 Å². The fraction of sp³-hybridized carbons (Fsp3) is 0.857. The van der Waals surface area contributed by atoms with Crippen molar-refractivity contribution in [2.45, 2.75) is 45.1 Å². The van der Waals surface area contributed by atoms with E-state index < -0.39 is 11.9 Å². The van der Waals surface area contributed by atoms with Crippen molar-refractivity contribution in [3.63, 3.8) is 0 Å². The van der Waals surface area contributed by atoms with E-state index in [-0.39, 0.29) is 12.6 Å². The standard InChI is InChI=1S/C14H27N3O3/c1-3-6-11(13(18)19)9-15-14(20)16-10-12-7-4-5-8-17(12)2/h11-12H,3-10H2,1-2H3,(H,18,19)(H2,15,16,20). The van der Waals surface area contributed by atoms with E-state index in [4.69, 9.17) is 5.11 Å². The third-order valence-corrected chi connectivity index (χ3v) is 3.92. The summed E-state index contributed by atoms with van der Waals surface area (Å²) < 4.78 is 0. The molecule has 2 unspecified atom stereocenters. The van der Waals surface area contributed by atoms with Crippen molar-refractivity contribution in [2.24, 2.45) is 5.92 Å². The molecule has 6 nitrogen and oxygen atoms in total. The van der Waals surface area contributed by atoms with Crippen LogP contribution in [0.25, 0.3) is 0 Å². The minimum absolute atomic E-state index is 0.190. The number of hydrogen-bond acceptors (Lipinski definition) is 3. The van der Waals surface area contributed by atoms with Gasteiger partial charge in [-0.25, -0.2) is 4.79 Å². The highest BCUT2D eigenvalue weighted by molar-refractivity contribution is 5.75. The normalized spacial score (nSPS) is 21.2. The molecule has 0 aromatic carbocycles. The van der Waals surface area contributed by atoms with E-state index in [1.807, 2.05) is 6.92 Å². The van der Waals surface area contributed by atoms with Crippen molar-refractivity contribution < 1.29 is 14.7 Å². The van der Waals surface area contributed by atoms with Gasteiger partial charge in [-0.2, -0.15) is 0 Å². The van der Waals surface area contributed by atoms with Gasteiger partial charge in [-0.1, -0.05) is 19.8 Å². The van der Waals surface area contributed by atoms with Crippen LogP contribution in [0.4, 0.5) is 4.79 Å². The molecule has 0 aliphatic carbocycles. The van der Waals surface area contributed by atoms with Gasteiger partial charge >= 0.3 is 12.0 Å². The summed E-state index contributed by atoms with van der Waals surface area (Å²) in [5, 5.41) is 14.5. The van der Waals surface area contributed by atoms with Crippen molar-refractivity contribution in [3.8, 4) is 0 Å². The molecule has 0 saturated carbocycles. The summed E-state index contributed by atoms with van der Waals surface area (Å²) in [6.45, 7) is 3.82. The molecule has 1 rings (SSSR count). The van der Waals surface area contributed by atoms with E-state index in [9.17, 15) is 9.59 Å². The molecule has 0 bridgehead atoms. The first-order chi connectivity index (χ1) is 9.54. The van der Waals surface area contributed by atoms with Crippen LogP contribution in [0.15, 0.2) is 0 Å². The molecule has 1 heterocycles. The molecule has 0 radical (unpaired) electrons. The predicted molar refractivity (Wildman–Crippen MR) is 77.7 cm³/mol. The van der Waals surface area contributed by atoms with Gasteiger partial charge in [0.15, 0.2) is 0 Å². The number of nitrogens with zero attached hydrogens (tertiary/aromatic N) is 1. The second-order valence-corrected chi connectivity index (χ2v) is 5.54. The summed E-state index contributed by atoms with van der Waals surface area (Å²) in [6, 6.07) is 0.117. The molecule has 1 aliphatic heterocycles. The zero-order chi connectivity index (χ0) is 15.0. The summed E-state index contributed by atoms with van der Waals surface area (Å²) in [6.07, 6.45) is 4.91. The lowest BCUT2D eigenvalue weighted by molar-refractivity contribution is -0.141. The average Bonchev–Trinajstić information content (AvgIpc) is 2.42. The lowest BCUT2D eigenvalue weighted by atomic mass is 10.0. The van der Waals surface area contributed by atoms with Crippen LogP contribution < -0.4 is 10.6 Å². The summed E-state index contributed by atoms with van der Waals surface area (Å²) >= 11 is 0. The monoisotopic (exact) mass is 285 g/mol. The van der Waals surface area contributed by atoms with Crippen molar-refractivity contribution in [1.82, 2.24) is 15.5 Å². The third-order valence-electron chi connectivity index (χ3n) is 3.92. The number of carbonyl (C=O) groups excluding carboxylic acids is 1. The maximum atomic E-state index is 11.7. The molecule has 2 amide bonds. The van der Waals surface area contributed by atoms with Crippen molar-refractivity contribution in [3.05, 3.63) is 0 Å². The van der Waals surface area contributed by atoms with Gasteiger partial charge in [0, 0.05) is 19.1 Å². The number of nitrogens with one attached hydrogen (secondary N) is 2. The SMILES string of the molecule is CCCC(CNC(=O)NCC1CCCCN1C)C(=O)O. The van der Waals surface area contributed by atoms with Crippen LogP contribution in [-0.4, -0.2) is 54.7 Å². The predicted octanol–water partition coefficient (Wildman–Crippen LogP) is 1.27. The molecule has 20 heavy (non-hydrogen) atoms. The van der Waals surface area contributed by atoms with Gasteiger partial charge in [0.2, 0.25) is 0 Å². The molecule has 0 spiro atoms. The van der Waals surface area contributed by atoms with Gasteiger partial charge in [-0.3, -0.25) is 4.79 Å². The molecule has 0 aromatic rings. The highest BCUT2D eigenvalue weighted by Crippen LogP contribution is 2.13. The Kier molecular flexibility index (Phi) is 7.36. The minimum atomic E-state index is -0.848. The molecule has 6 heteroatoms. The quantitative estimate of drug-likeness (QED) is 0.658. The summed E-state index contributed by atoms with van der Waals surface area (Å²) in [4.78, 5) is 24.9. The molecule has 0 aromatic heterocycles. The molecule has 2 atom stereocenters. The van der Waals surface area contributed by atoms with E-state index in [1.165, 1.54) is 12.8 Å². The second-order valence-electron chi connectivity index (χ2n) is 5.54. The Morgan fingerprint density at radius 3 is 2.70 bits per heavy atom. The molecule has 116 valence electrons. The van der Waals surface area contributed by atoms with Crippen LogP contribution in [0.3, 0.4) is 0 Å². The topological polar surface area (TPSA) is 81.7 Å². The van der Waals surface area contributed by atoms with Gasteiger partial charge in [0.05, 0.1) is 5.92 Å². The maximum Gasteiger partial charge on any atom is 0.314 e. The minimum Gasteiger partial charge on any atom is -0.481 e. The number of hydrogen-bond donors (Lipinski definition) is 3. The number of carbonyl (C=O) groups is 2. The highest BCUT2D eigenvalue weighted by Gasteiger charge is 2.20. The first-order valence-corrected chi connectivity index (χ1v) is 7.49. The number of piperidine rings is 1. The Morgan fingerprint density at radius 2 is 2.10 bits per heavy atom. The van der Waals surface area contributed by atoms with Gasteiger partial charge < -0.3 is 20.6 Å². The zero-order valence-corrected chi connectivity index (χ0v) is 12.5. The Bertz CT molecular complexity index is 323. The second kappa shape index (κ2) is 8.79. The van der Waals surface area contributed by atoms with E-state index in [0.717, 1.165) is 19.4 Å². The number of carboxylic acid groups (broad SMARTS) is 1. The van der Waals surface area contributed by atoms with Gasteiger partial charge in [0.1, 0.15) is 0 Å². The molecule has 1 fully saturated rings. The molecular formula is C14H27N3O3. The van der Waals surface area contributed by atoms with Crippen molar-refractivity contribution >= 4 is 12.0 Å². The number of carboxylic acids is 1. The first kappa shape index (κ1) is 16.8. The van der Waals surface area contributed by atoms with Gasteiger partial charge in [-0.15, -0.1) is 0 Å². The highest BCUT2D eigenvalue weighted by atomic mass is 16.4. The largest absolute Gasteiger partial charge is 0.481 e. The molecule has 1 aliphatic rings. The van der Waals surface area contributed by atoms with Crippen LogP contribution >= 0.6 is 0 Å². The van der Waals surface area contributed by atoms with Gasteiger partial charge in [-0.05, 0) is 32.9 Å². The average molecular weight is 285 g/mol. The summed E-state index contributed by atoms with van der Waals surface area (Å²) in [7, 11) is 2.07. The molecule has 3 N–H and O–H groups in total.